The standard InChI is InChI=1S/C14H19N3.C3H6O2/c1-15-8-10-16(11-9-15)12-17-7-6-13-4-2-3-5-14(13)17;1-2-5-3-4/h2-7H,8-12H2,1H3;3H,2H2,1H3. The molecule has 22 heavy (non-hydrogen) atoms. The van der Waals surface area contributed by atoms with Gasteiger partial charge >= 0.3 is 0 Å². The van der Waals surface area contributed by atoms with Gasteiger partial charge in [-0.15, -0.1) is 0 Å². The summed E-state index contributed by atoms with van der Waals surface area (Å²) < 4.78 is 6.50. The summed E-state index contributed by atoms with van der Waals surface area (Å²) >= 11 is 0. The van der Waals surface area contributed by atoms with Gasteiger partial charge in [-0.2, -0.15) is 0 Å². The predicted octanol–water partition coefficient (Wildman–Crippen LogP) is 2.03. The lowest BCUT2D eigenvalue weighted by molar-refractivity contribution is -0.128. The van der Waals surface area contributed by atoms with Gasteiger partial charge in [-0.3, -0.25) is 9.69 Å². The molecule has 0 atom stereocenters. The summed E-state index contributed by atoms with van der Waals surface area (Å²) in [6, 6.07) is 10.8. The summed E-state index contributed by atoms with van der Waals surface area (Å²) in [6.07, 6.45) is 2.20. The van der Waals surface area contributed by atoms with Crippen LogP contribution in [-0.2, 0) is 16.2 Å². The number of carbonyl (C=O) groups excluding carboxylic acids is 1. The number of fused-ring (bicyclic) bond motifs is 1. The molecule has 2 aromatic rings. The van der Waals surface area contributed by atoms with Crippen LogP contribution in [0.5, 0.6) is 0 Å². The number of rotatable bonds is 4. The van der Waals surface area contributed by atoms with Crippen molar-refractivity contribution in [3.8, 4) is 0 Å². The molecule has 0 radical (unpaired) electrons. The Morgan fingerprint density at radius 1 is 1.14 bits per heavy atom. The fraction of sp³-hybridized carbons (Fsp3) is 0.471. The van der Waals surface area contributed by atoms with Gasteiger partial charge in [0.2, 0.25) is 0 Å². The summed E-state index contributed by atoms with van der Waals surface area (Å²) in [5, 5.41) is 1.33. The minimum atomic E-state index is 0.431. The van der Waals surface area contributed by atoms with E-state index in [1.54, 1.807) is 6.92 Å². The van der Waals surface area contributed by atoms with E-state index in [1.165, 1.54) is 37.1 Å². The maximum Gasteiger partial charge on any atom is 0.293 e. The Labute approximate surface area is 132 Å². The largest absolute Gasteiger partial charge is 0.468 e. The van der Waals surface area contributed by atoms with E-state index in [2.05, 4.69) is 62.7 Å². The molecule has 1 aromatic heterocycles. The smallest absolute Gasteiger partial charge is 0.293 e. The Hall–Kier alpha value is -1.85. The van der Waals surface area contributed by atoms with Gasteiger partial charge in [-0.1, -0.05) is 18.2 Å². The Morgan fingerprint density at radius 3 is 2.50 bits per heavy atom. The number of hydrogen-bond donors (Lipinski definition) is 0. The van der Waals surface area contributed by atoms with Gasteiger partial charge in [-0.25, -0.2) is 0 Å². The van der Waals surface area contributed by atoms with Gasteiger partial charge in [0.15, 0.2) is 0 Å². The molecule has 120 valence electrons. The molecule has 0 spiro atoms. The van der Waals surface area contributed by atoms with Crippen molar-refractivity contribution in [2.45, 2.75) is 13.6 Å². The lowest BCUT2D eigenvalue weighted by atomic mass is 10.2. The minimum absolute atomic E-state index is 0.431. The summed E-state index contributed by atoms with van der Waals surface area (Å²) in [6.45, 7) is 8.38. The minimum Gasteiger partial charge on any atom is -0.468 e. The summed E-state index contributed by atoms with van der Waals surface area (Å²) in [5.74, 6) is 0. The first-order valence-electron chi connectivity index (χ1n) is 7.74. The van der Waals surface area contributed by atoms with Crippen LogP contribution in [0.25, 0.3) is 10.9 Å². The van der Waals surface area contributed by atoms with Crippen molar-refractivity contribution in [1.29, 1.82) is 0 Å². The molecule has 0 N–H and O–H groups in total. The molecule has 1 aliphatic heterocycles. The number of aromatic nitrogens is 1. The Bertz CT molecular complexity index is 574. The lowest BCUT2D eigenvalue weighted by Crippen LogP contribution is -2.44. The zero-order valence-corrected chi connectivity index (χ0v) is 13.4. The van der Waals surface area contributed by atoms with Crippen LogP contribution >= 0.6 is 0 Å². The summed E-state index contributed by atoms with van der Waals surface area (Å²) in [4.78, 5) is 14.1. The third-order valence-electron chi connectivity index (χ3n) is 3.86. The number of piperazine rings is 1. The van der Waals surface area contributed by atoms with Gasteiger partial charge < -0.3 is 14.2 Å². The highest BCUT2D eigenvalue weighted by molar-refractivity contribution is 5.79. The quantitative estimate of drug-likeness (QED) is 0.810. The molecule has 3 rings (SSSR count). The van der Waals surface area contributed by atoms with Gasteiger partial charge in [0.1, 0.15) is 0 Å². The maximum atomic E-state index is 9.18. The van der Waals surface area contributed by atoms with E-state index in [1.807, 2.05) is 0 Å². The number of nitrogens with zero attached hydrogens (tertiary/aromatic N) is 3. The average molecular weight is 303 g/mol. The molecule has 1 aliphatic rings. The van der Waals surface area contributed by atoms with Crippen LogP contribution in [0, 0.1) is 0 Å². The van der Waals surface area contributed by atoms with Crippen molar-refractivity contribution in [2.75, 3.05) is 39.8 Å². The third-order valence-corrected chi connectivity index (χ3v) is 3.86. The molecule has 0 bridgehead atoms. The van der Waals surface area contributed by atoms with E-state index in [-0.39, 0.29) is 0 Å². The van der Waals surface area contributed by atoms with Crippen molar-refractivity contribution in [2.24, 2.45) is 0 Å². The van der Waals surface area contributed by atoms with Crippen LogP contribution in [0.2, 0.25) is 0 Å². The third kappa shape index (κ3) is 4.58. The van der Waals surface area contributed by atoms with Crippen molar-refractivity contribution in [3.05, 3.63) is 36.5 Å². The Kier molecular flexibility index (Phi) is 6.43. The highest BCUT2D eigenvalue weighted by atomic mass is 16.5. The number of carbonyl (C=O) groups is 1. The van der Waals surface area contributed by atoms with Gasteiger partial charge in [0.05, 0.1) is 13.3 Å². The number of ether oxygens (including phenoxy) is 1. The van der Waals surface area contributed by atoms with Crippen molar-refractivity contribution < 1.29 is 9.53 Å². The fourth-order valence-corrected chi connectivity index (χ4v) is 2.54. The first-order chi connectivity index (χ1) is 10.7. The molecular formula is C17H25N3O2. The Morgan fingerprint density at radius 2 is 1.86 bits per heavy atom. The first kappa shape index (κ1) is 16.5. The van der Waals surface area contributed by atoms with Crippen LogP contribution < -0.4 is 0 Å². The zero-order valence-electron chi connectivity index (χ0n) is 13.4. The number of benzene rings is 1. The SMILES string of the molecule is CCOC=O.CN1CCN(Cn2ccc3ccccc32)CC1. The molecule has 1 saturated heterocycles. The van der Waals surface area contributed by atoms with Crippen LogP contribution in [0.3, 0.4) is 0 Å². The Balaban J connectivity index is 0.000000309. The maximum absolute atomic E-state index is 9.18. The zero-order chi connectivity index (χ0) is 15.8. The van der Waals surface area contributed by atoms with Crippen LogP contribution in [0.4, 0.5) is 0 Å². The molecule has 0 unspecified atom stereocenters. The van der Waals surface area contributed by atoms with Gasteiger partial charge in [0.25, 0.3) is 6.47 Å². The first-order valence-corrected chi connectivity index (χ1v) is 7.74. The van der Waals surface area contributed by atoms with Gasteiger partial charge in [0, 0.05) is 37.9 Å². The van der Waals surface area contributed by atoms with Crippen LogP contribution in [0.1, 0.15) is 6.92 Å². The highest BCUT2D eigenvalue weighted by Gasteiger charge is 2.14. The average Bonchev–Trinajstić information content (AvgIpc) is 2.94. The van der Waals surface area contributed by atoms with E-state index in [0.29, 0.717) is 13.1 Å². The number of likely N-dealkylation sites (N-methyl/N-ethyl adjacent to an activating group) is 1. The lowest BCUT2D eigenvalue weighted by Gasteiger charge is -2.32. The normalized spacial score (nSPS) is 16.1. The molecule has 2 heterocycles. The van der Waals surface area contributed by atoms with Crippen molar-refractivity contribution in [1.82, 2.24) is 14.4 Å². The molecule has 0 aliphatic carbocycles. The van der Waals surface area contributed by atoms with Crippen molar-refractivity contribution >= 4 is 17.4 Å². The van der Waals surface area contributed by atoms with E-state index >= 15 is 0 Å². The molecule has 0 amide bonds. The topological polar surface area (TPSA) is 37.7 Å². The summed E-state index contributed by atoms with van der Waals surface area (Å²) in [5.41, 5.74) is 1.34. The number of para-hydroxylation sites is 1. The van der Waals surface area contributed by atoms with Crippen LogP contribution in [0.15, 0.2) is 36.5 Å². The van der Waals surface area contributed by atoms with E-state index in [0.717, 1.165) is 6.67 Å². The molecular weight excluding hydrogens is 278 g/mol. The van der Waals surface area contributed by atoms with E-state index in [4.69, 9.17) is 0 Å². The molecule has 1 aromatic carbocycles. The van der Waals surface area contributed by atoms with E-state index in [9.17, 15) is 4.79 Å². The number of hydrogen-bond acceptors (Lipinski definition) is 4. The van der Waals surface area contributed by atoms with E-state index < -0.39 is 0 Å². The monoisotopic (exact) mass is 303 g/mol. The molecule has 5 heteroatoms. The van der Waals surface area contributed by atoms with Gasteiger partial charge in [-0.05, 0) is 31.5 Å². The molecule has 5 nitrogen and oxygen atoms in total. The second-order valence-electron chi connectivity index (χ2n) is 5.46. The second-order valence-corrected chi connectivity index (χ2v) is 5.46. The highest BCUT2D eigenvalue weighted by Crippen LogP contribution is 2.15. The second kappa shape index (κ2) is 8.56. The molecule has 0 saturated carbocycles. The van der Waals surface area contributed by atoms with Crippen LogP contribution in [-0.4, -0.2) is 60.7 Å². The summed E-state index contributed by atoms with van der Waals surface area (Å²) in [7, 11) is 2.20. The van der Waals surface area contributed by atoms with Crippen molar-refractivity contribution in [3.63, 3.8) is 0 Å². The fourth-order valence-electron chi connectivity index (χ4n) is 2.54. The molecule has 1 fully saturated rings. The predicted molar refractivity (Wildman–Crippen MR) is 88.7 cm³/mol.